The molecule has 0 amide bonds. The monoisotopic (exact) mass is 266 g/mol. The van der Waals surface area contributed by atoms with Gasteiger partial charge < -0.3 is 10.0 Å². The second kappa shape index (κ2) is 4.17. The summed E-state index contributed by atoms with van der Waals surface area (Å²) in [7, 11) is 0. The molecule has 0 aromatic carbocycles. The molecule has 1 unspecified atom stereocenters. The molecular formula is C9H9F3N2O2S. The SMILES string of the molecule is O=C(O)C1CCCN1c1ncc(C(F)(F)F)s1. The highest BCUT2D eigenvalue weighted by atomic mass is 32.1. The molecule has 0 bridgehead atoms. The Balaban J connectivity index is 2.23. The molecule has 4 nitrogen and oxygen atoms in total. The Morgan fingerprint density at radius 1 is 1.59 bits per heavy atom. The highest BCUT2D eigenvalue weighted by Gasteiger charge is 2.37. The minimum absolute atomic E-state index is 0.127. The Labute approximate surface area is 98.7 Å². The Morgan fingerprint density at radius 2 is 2.29 bits per heavy atom. The number of alkyl halides is 3. The Kier molecular flexibility index (Phi) is 2.98. The van der Waals surface area contributed by atoms with Crippen molar-refractivity contribution >= 4 is 22.4 Å². The van der Waals surface area contributed by atoms with Gasteiger partial charge in [0.05, 0.1) is 6.20 Å². The third-order valence-corrected chi connectivity index (χ3v) is 3.64. The predicted octanol–water partition coefficient (Wildman–Crippen LogP) is 2.22. The summed E-state index contributed by atoms with van der Waals surface area (Å²) in [5.74, 6) is -1.02. The lowest BCUT2D eigenvalue weighted by Crippen LogP contribution is -2.35. The summed E-state index contributed by atoms with van der Waals surface area (Å²) >= 11 is 0.485. The second-order valence-corrected chi connectivity index (χ2v) is 4.70. The van der Waals surface area contributed by atoms with Crippen molar-refractivity contribution in [3.8, 4) is 0 Å². The number of halogens is 3. The molecule has 1 fully saturated rings. The van der Waals surface area contributed by atoms with Gasteiger partial charge in [0.25, 0.3) is 0 Å². The van der Waals surface area contributed by atoms with Gasteiger partial charge in [-0.2, -0.15) is 13.2 Å². The van der Waals surface area contributed by atoms with E-state index in [4.69, 9.17) is 5.11 Å². The first kappa shape index (κ1) is 12.2. The number of nitrogens with zero attached hydrogens (tertiary/aromatic N) is 2. The highest BCUT2D eigenvalue weighted by molar-refractivity contribution is 7.15. The summed E-state index contributed by atoms with van der Waals surface area (Å²) in [4.78, 5) is 15.2. The molecule has 94 valence electrons. The van der Waals surface area contributed by atoms with E-state index in [1.54, 1.807) is 0 Å². The zero-order chi connectivity index (χ0) is 12.6. The number of aliphatic carboxylic acids is 1. The molecule has 1 saturated heterocycles. The van der Waals surface area contributed by atoms with Gasteiger partial charge in [-0.25, -0.2) is 9.78 Å². The summed E-state index contributed by atoms with van der Waals surface area (Å²) in [5.41, 5.74) is 0. The zero-order valence-electron chi connectivity index (χ0n) is 8.57. The van der Waals surface area contributed by atoms with Crippen LogP contribution in [0, 0.1) is 0 Å². The maximum absolute atomic E-state index is 12.4. The molecular weight excluding hydrogens is 257 g/mol. The molecule has 1 atom stereocenters. The second-order valence-electron chi connectivity index (χ2n) is 3.69. The number of aromatic nitrogens is 1. The average Bonchev–Trinajstić information content (AvgIpc) is 2.85. The van der Waals surface area contributed by atoms with Crippen molar-refractivity contribution in [3.05, 3.63) is 11.1 Å². The van der Waals surface area contributed by atoms with Crippen LogP contribution >= 0.6 is 11.3 Å². The van der Waals surface area contributed by atoms with Crippen molar-refractivity contribution in [2.24, 2.45) is 0 Å². The molecule has 17 heavy (non-hydrogen) atoms. The van der Waals surface area contributed by atoms with Crippen LogP contribution in [0.5, 0.6) is 0 Å². The van der Waals surface area contributed by atoms with E-state index in [0.717, 1.165) is 6.20 Å². The van der Waals surface area contributed by atoms with Crippen LogP contribution in [0.1, 0.15) is 17.7 Å². The van der Waals surface area contributed by atoms with Crippen molar-refractivity contribution < 1.29 is 23.1 Å². The van der Waals surface area contributed by atoms with Gasteiger partial charge in [0.1, 0.15) is 10.9 Å². The molecule has 0 radical (unpaired) electrons. The highest BCUT2D eigenvalue weighted by Crippen LogP contribution is 2.38. The van der Waals surface area contributed by atoms with Crippen LogP contribution in [-0.2, 0) is 11.0 Å². The number of hydrogen-bond donors (Lipinski definition) is 1. The van der Waals surface area contributed by atoms with Crippen molar-refractivity contribution in [2.45, 2.75) is 25.1 Å². The molecule has 1 aromatic heterocycles. The quantitative estimate of drug-likeness (QED) is 0.891. The van der Waals surface area contributed by atoms with Crippen LogP contribution in [0.2, 0.25) is 0 Å². The first-order chi connectivity index (χ1) is 7.89. The molecule has 0 aliphatic carbocycles. The van der Waals surface area contributed by atoms with Crippen LogP contribution < -0.4 is 4.90 Å². The maximum atomic E-state index is 12.4. The smallest absolute Gasteiger partial charge is 0.427 e. The lowest BCUT2D eigenvalue weighted by atomic mass is 10.2. The van der Waals surface area contributed by atoms with Crippen LogP contribution in [-0.4, -0.2) is 28.6 Å². The van der Waals surface area contributed by atoms with E-state index in [2.05, 4.69) is 4.98 Å². The minimum Gasteiger partial charge on any atom is -0.480 e. The van der Waals surface area contributed by atoms with Gasteiger partial charge in [0, 0.05) is 6.54 Å². The molecule has 0 spiro atoms. The maximum Gasteiger partial charge on any atom is 0.427 e. The molecule has 2 rings (SSSR count). The Morgan fingerprint density at radius 3 is 2.82 bits per heavy atom. The van der Waals surface area contributed by atoms with Crippen molar-refractivity contribution in [1.82, 2.24) is 4.98 Å². The van der Waals surface area contributed by atoms with Crippen LogP contribution in [0.25, 0.3) is 0 Å². The molecule has 8 heteroatoms. The minimum atomic E-state index is -4.42. The van der Waals surface area contributed by atoms with Crippen molar-refractivity contribution in [1.29, 1.82) is 0 Å². The van der Waals surface area contributed by atoms with Gasteiger partial charge >= 0.3 is 12.1 Å². The van der Waals surface area contributed by atoms with Gasteiger partial charge in [0.2, 0.25) is 0 Å². The van der Waals surface area contributed by atoms with Gasteiger partial charge in [-0.1, -0.05) is 11.3 Å². The molecule has 1 aliphatic heterocycles. The van der Waals surface area contributed by atoms with E-state index in [9.17, 15) is 18.0 Å². The summed E-state index contributed by atoms with van der Waals surface area (Å²) in [6.45, 7) is 0.432. The van der Waals surface area contributed by atoms with E-state index in [0.29, 0.717) is 30.7 Å². The number of hydrogen-bond acceptors (Lipinski definition) is 4. The van der Waals surface area contributed by atoms with Crippen LogP contribution in [0.15, 0.2) is 6.20 Å². The Bertz CT molecular complexity index is 432. The molecule has 2 heterocycles. The number of thiazole rings is 1. The van der Waals surface area contributed by atoms with E-state index < -0.39 is 23.1 Å². The van der Waals surface area contributed by atoms with Gasteiger partial charge in [-0.05, 0) is 12.8 Å². The molecule has 1 N–H and O–H groups in total. The number of anilines is 1. The van der Waals surface area contributed by atoms with E-state index >= 15 is 0 Å². The zero-order valence-corrected chi connectivity index (χ0v) is 9.38. The normalized spacial score (nSPS) is 20.9. The first-order valence-corrected chi connectivity index (χ1v) is 5.73. The number of carboxylic acids is 1. The molecule has 1 aromatic rings. The summed E-state index contributed by atoms with van der Waals surface area (Å²) < 4.78 is 37.1. The standard InChI is InChI=1S/C9H9F3N2O2S/c10-9(11,12)6-4-13-8(17-6)14-3-1-2-5(14)7(15)16/h4-5H,1-3H2,(H,15,16). The van der Waals surface area contributed by atoms with Gasteiger partial charge in [-0.15, -0.1) is 0 Å². The van der Waals surface area contributed by atoms with E-state index in [1.165, 1.54) is 4.90 Å². The van der Waals surface area contributed by atoms with Crippen molar-refractivity contribution in [2.75, 3.05) is 11.4 Å². The largest absolute Gasteiger partial charge is 0.480 e. The fourth-order valence-corrected chi connectivity index (χ4v) is 2.64. The third kappa shape index (κ3) is 2.36. The topological polar surface area (TPSA) is 53.4 Å². The fourth-order valence-electron chi connectivity index (χ4n) is 1.78. The van der Waals surface area contributed by atoms with Crippen LogP contribution in [0.4, 0.5) is 18.3 Å². The van der Waals surface area contributed by atoms with Crippen molar-refractivity contribution in [3.63, 3.8) is 0 Å². The third-order valence-electron chi connectivity index (χ3n) is 2.56. The fraction of sp³-hybridized carbons (Fsp3) is 0.556. The van der Waals surface area contributed by atoms with Gasteiger partial charge in [-0.3, -0.25) is 0 Å². The summed E-state index contributed by atoms with van der Waals surface area (Å²) in [5, 5.41) is 9.05. The molecule has 0 saturated carbocycles. The lowest BCUT2D eigenvalue weighted by molar-refractivity contribution is -0.138. The average molecular weight is 266 g/mol. The summed E-state index contributed by atoms with van der Waals surface area (Å²) in [6.07, 6.45) is -2.58. The predicted molar refractivity (Wildman–Crippen MR) is 55.1 cm³/mol. The number of carboxylic acid groups (broad SMARTS) is 1. The first-order valence-electron chi connectivity index (χ1n) is 4.92. The molecule has 1 aliphatic rings. The number of carbonyl (C=O) groups is 1. The lowest BCUT2D eigenvalue weighted by Gasteiger charge is -2.19. The Hall–Kier alpha value is -1.31. The van der Waals surface area contributed by atoms with Gasteiger partial charge in [0.15, 0.2) is 5.13 Å². The summed E-state index contributed by atoms with van der Waals surface area (Å²) in [6, 6.07) is -0.762. The van der Waals surface area contributed by atoms with Crippen LogP contribution in [0.3, 0.4) is 0 Å². The van der Waals surface area contributed by atoms with E-state index in [1.807, 2.05) is 0 Å². The number of rotatable bonds is 2. The van der Waals surface area contributed by atoms with E-state index in [-0.39, 0.29) is 5.13 Å².